The first kappa shape index (κ1) is 21.8. The van der Waals surface area contributed by atoms with Gasteiger partial charge >= 0.3 is 11.8 Å². The number of nitrogens with zero attached hydrogens (tertiary/aromatic N) is 2. The monoisotopic (exact) mass is 408 g/mol. The van der Waals surface area contributed by atoms with Crippen LogP contribution in [-0.4, -0.2) is 63.0 Å². The van der Waals surface area contributed by atoms with Gasteiger partial charge in [0.15, 0.2) is 0 Å². The van der Waals surface area contributed by atoms with Gasteiger partial charge in [-0.3, -0.25) is 9.59 Å². The van der Waals surface area contributed by atoms with Gasteiger partial charge in [0.05, 0.1) is 0 Å². The minimum Gasteiger partial charge on any atom is -0.369 e. The van der Waals surface area contributed by atoms with Crippen molar-refractivity contribution in [1.29, 1.82) is 0 Å². The van der Waals surface area contributed by atoms with Crippen LogP contribution >= 0.6 is 0 Å². The van der Waals surface area contributed by atoms with Crippen molar-refractivity contribution in [3.8, 4) is 0 Å². The van der Waals surface area contributed by atoms with Gasteiger partial charge in [-0.25, -0.2) is 0 Å². The highest BCUT2D eigenvalue weighted by molar-refractivity contribution is 6.35. The van der Waals surface area contributed by atoms with E-state index in [1.807, 2.05) is 30.3 Å². The average Bonchev–Trinajstić information content (AvgIpc) is 2.78. The number of aryl methyl sites for hydroxylation is 1. The SMILES string of the molecule is CN1CCN(c2ccc(CCCNC(=O)C(=O)NCCc3ccccc3)cc2)CC1. The number of anilines is 1. The van der Waals surface area contributed by atoms with Crippen LogP contribution in [0.3, 0.4) is 0 Å². The molecule has 6 heteroatoms. The van der Waals surface area contributed by atoms with E-state index in [9.17, 15) is 9.59 Å². The quantitative estimate of drug-likeness (QED) is 0.517. The molecule has 0 aliphatic carbocycles. The number of carbonyl (C=O) groups is 2. The number of rotatable bonds is 8. The van der Waals surface area contributed by atoms with Crippen LogP contribution in [0, 0.1) is 0 Å². The van der Waals surface area contributed by atoms with Crippen LogP contribution in [-0.2, 0) is 22.4 Å². The van der Waals surface area contributed by atoms with Crippen molar-refractivity contribution in [3.05, 3.63) is 65.7 Å². The molecule has 6 nitrogen and oxygen atoms in total. The lowest BCUT2D eigenvalue weighted by Crippen LogP contribution is -2.44. The molecule has 2 aromatic carbocycles. The Balaban J connectivity index is 1.30. The molecule has 2 aromatic rings. The highest BCUT2D eigenvalue weighted by Crippen LogP contribution is 2.17. The van der Waals surface area contributed by atoms with Crippen molar-refractivity contribution >= 4 is 17.5 Å². The molecule has 1 aliphatic rings. The van der Waals surface area contributed by atoms with Crippen LogP contribution < -0.4 is 15.5 Å². The summed E-state index contributed by atoms with van der Waals surface area (Å²) < 4.78 is 0. The highest BCUT2D eigenvalue weighted by atomic mass is 16.2. The zero-order valence-corrected chi connectivity index (χ0v) is 17.8. The van der Waals surface area contributed by atoms with Gasteiger partial charge in [-0.15, -0.1) is 0 Å². The third-order valence-corrected chi connectivity index (χ3v) is 5.48. The van der Waals surface area contributed by atoms with Crippen molar-refractivity contribution in [3.63, 3.8) is 0 Å². The molecule has 0 aromatic heterocycles. The molecule has 0 unspecified atom stereocenters. The average molecular weight is 409 g/mol. The molecule has 0 atom stereocenters. The Kier molecular flexibility index (Phi) is 8.27. The van der Waals surface area contributed by atoms with Crippen LogP contribution in [0.15, 0.2) is 54.6 Å². The molecule has 0 bridgehead atoms. The maximum absolute atomic E-state index is 11.9. The van der Waals surface area contributed by atoms with Gasteiger partial charge in [0.25, 0.3) is 0 Å². The summed E-state index contributed by atoms with van der Waals surface area (Å²) in [6.07, 6.45) is 2.39. The molecular weight excluding hydrogens is 376 g/mol. The molecule has 2 amide bonds. The number of likely N-dealkylation sites (N-methyl/N-ethyl adjacent to an activating group) is 1. The molecule has 1 fully saturated rings. The predicted octanol–water partition coefficient (Wildman–Crippen LogP) is 1.85. The molecule has 1 saturated heterocycles. The number of benzene rings is 2. The summed E-state index contributed by atoms with van der Waals surface area (Å²) in [6, 6.07) is 18.6. The summed E-state index contributed by atoms with van der Waals surface area (Å²) in [5, 5.41) is 5.38. The van der Waals surface area contributed by atoms with Crippen molar-refractivity contribution in [2.75, 3.05) is 51.2 Å². The molecular formula is C24H32N4O2. The van der Waals surface area contributed by atoms with E-state index in [1.165, 1.54) is 11.3 Å². The molecule has 0 saturated carbocycles. The zero-order valence-electron chi connectivity index (χ0n) is 17.8. The molecule has 3 rings (SSSR count). The van der Waals surface area contributed by atoms with Crippen molar-refractivity contribution in [2.45, 2.75) is 19.3 Å². The molecule has 160 valence electrons. The molecule has 30 heavy (non-hydrogen) atoms. The Hall–Kier alpha value is -2.86. The van der Waals surface area contributed by atoms with Gasteiger partial charge < -0.3 is 20.4 Å². The molecule has 1 heterocycles. The summed E-state index contributed by atoms with van der Waals surface area (Å²) >= 11 is 0. The van der Waals surface area contributed by atoms with Crippen LogP contribution in [0.4, 0.5) is 5.69 Å². The first-order chi connectivity index (χ1) is 14.6. The van der Waals surface area contributed by atoms with Crippen LogP contribution in [0.2, 0.25) is 0 Å². The number of piperazine rings is 1. The first-order valence-electron chi connectivity index (χ1n) is 10.7. The van der Waals surface area contributed by atoms with Crippen molar-refractivity contribution in [1.82, 2.24) is 15.5 Å². The maximum atomic E-state index is 11.9. The Bertz CT molecular complexity index is 800. The number of hydrogen-bond donors (Lipinski definition) is 2. The van der Waals surface area contributed by atoms with Crippen LogP contribution in [0.25, 0.3) is 0 Å². The van der Waals surface area contributed by atoms with E-state index in [1.54, 1.807) is 0 Å². The van der Waals surface area contributed by atoms with E-state index >= 15 is 0 Å². The van der Waals surface area contributed by atoms with Gasteiger partial charge in [0, 0.05) is 45.0 Å². The summed E-state index contributed by atoms with van der Waals surface area (Å²) in [5.41, 5.74) is 3.65. The summed E-state index contributed by atoms with van der Waals surface area (Å²) in [5.74, 6) is -1.13. The minimum atomic E-state index is -0.567. The van der Waals surface area contributed by atoms with E-state index in [0.29, 0.717) is 19.5 Å². The normalized spacial score (nSPS) is 14.4. The second-order valence-corrected chi connectivity index (χ2v) is 7.81. The van der Waals surface area contributed by atoms with E-state index < -0.39 is 11.8 Å². The second-order valence-electron chi connectivity index (χ2n) is 7.81. The van der Waals surface area contributed by atoms with Crippen molar-refractivity contribution in [2.24, 2.45) is 0 Å². The van der Waals surface area contributed by atoms with Gasteiger partial charge in [0.1, 0.15) is 0 Å². The lowest BCUT2D eigenvalue weighted by molar-refractivity contribution is -0.139. The molecule has 2 N–H and O–H groups in total. The Morgan fingerprint density at radius 3 is 2.03 bits per heavy atom. The fraction of sp³-hybridized carbons (Fsp3) is 0.417. The Morgan fingerprint density at radius 2 is 1.37 bits per heavy atom. The van der Waals surface area contributed by atoms with Crippen LogP contribution in [0.1, 0.15) is 17.5 Å². The van der Waals surface area contributed by atoms with Gasteiger partial charge in [-0.05, 0) is 49.6 Å². The summed E-state index contributed by atoms with van der Waals surface area (Å²) in [6.45, 7) is 5.27. The number of carbonyl (C=O) groups excluding carboxylic acids is 2. The van der Waals surface area contributed by atoms with E-state index in [0.717, 1.165) is 44.6 Å². The van der Waals surface area contributed by atoms with Crippen LogP contribution in [0.5, 0.6) is 0 Å². The third kappa shape index (κ3) is 6.88. The standard InChI is InChI=1S/C24H32N4O2/c1-27-16-18-28(19-17-27)22-11-9-21(10-12-22)8-5-14-25-23(29)24(30)26-15-13-20-6-3-2-4-7-20/h2-4,6-7,9-12H,5,8,13-19H2,1H3,(H,25,29)(H,26,30). The Labute approximate surface area is 179 Å². The van der Waals surface area contributed by atoms with E-state index in [2.05, 4.69) is 51.7 Å². The fourth-order valence-electron chi connectivity index (χ4n) is 3.56. The van der Waals surface area contributed by atoms with Gasteiger partial charge in [-0.2, -0.15) is 0 Å². The molecule has 1 aliphatic heterocycles. The summed E-state index contributed by atoms with van der Waals surface area (Å²) in [4.78, 5) is 28.5. The summed E-state index contributed by atoms with van der Waals surface area (Å²) in [7, 11) is 2.16. The number of amides is 2. The number of hydrogen-bond acceptors (Lipinski definition) is 4. The fourth-order valence-corrected chi connectivity index (χ4v) is 3.56. The third-order valence-electron chi connectivity index (χ3n) is 5.48. The predicted molar refractivity (Wildman–Crippen MR) is 121 cm³/mol. The smallest absolute Gasteiger partial charge is 0.309 e. The van der Waals surface area contributed by atoms with Crippen molar-refractivity contribution < 1.29 is 9.59 Å². The topological polar surface area (TPSA) is 64.7 Å². The highest BCUT2D eigenvalue weighted by Gasteiger charge is 2.14. The lowest BCUT2D eigenvalue weighted by Gasteiger charge is -2.34. The Morgan fingerprint density at radius 1 is 0.767 bits per heavy atom. The first-order valence-corrected chi connectivity index (χ1v) is 10.7. The maximum Gasteiger partial charge on any atom is 0.309 e. The zero-order chi connectivity index (χ0) is 21.2. The van der Waals surface area contributed by atoms with E-state index in [4.69, 9.17) is 0 Å². The second kappa shape index (κ2) is 11.4. The van der Waals surface area contributed by atoms with Gasteiger partial charge in [0.2, 0.25) is 0 Å². The van der Waals surface area contributed by atoms with E-state index in [-0.39, 0.29) is 0 Å². The lowest BCUT2D eigenvalue weighted by atomic mass is 10.1. The molecule has 0 spiro atoms. The minimum absolute atomic E-state index is 0.454. The molecule has 0 radical (unpaired) electrons. The largest absolute Gasteiger partial charge is 0.369 e. The number of nitrogens with one attached hydrogen (secondary N) is 2. The van der Waals surface area contributed by atoms with Gasteiger partial charge in [-0.1, -0.05) is 42.5 Å².